The van der Waals surface area contributed by atoms with E-state index in [1.165, 1.54) is 12.5 Å². The standard InChI is InChI=1S/C17H29N5O4S/c1-10(2)6-13(21-15(23)12(18)4-5-27-3)16(24)22-14(17(25)26)7-11-8-19-9-20-11/h8-10,12-14H,4-7,18H2,1-3H3,(H,19,20)(H,21,23)(H,22,24)(H,25,26)/t12-,13-,14-/m0/s1. The van der Waals surface area contributed by atoms with E-state index in [4.69, 9.17) is 5.73 Å². The summed E-state index contributed by atoms with van der Waals surface area (Å²) in [6, 6.07) is -2.68. The molecule has 0 aliphatic rings. The van der Waals surface area contributed by atoms with Crippen molar-refractivity contribution in [2.45, 2.75) is 51.2 Å². The first-order valence-electron chi connectivity index (χ1n) is 8.79. The molecule has 1 aromatic heterocycles. The maximum atomic E-state index is 12.6. The zero-order valence-corrected chi connectivity index (χ0v) is 16.7. The van der Waals surface area contributed by atoms with E-state index in [0.29, 0.717) is 18.5 Å². The van der Waals surface area contributed by atoms with E-state index < -0.39 is 35.9 Å². The monoisotopic (exact) mass is 399 g/mol. The summed E-state index contributed by atoms with van der Waals surface area (Å²) in [4.78, 5) is 43.0. The molecule has 0 fully saturated rings. The van der Waals surface area contributed by atoms with Crippen LogP contribution in [0, 0.1) is 5.92 Å². The summed E-state index contributed by atoms with van der Waals surface area (Å²) in [7, 11) is 0. The Balaban J connectivity index is 2.77. The summed E-state index contributed by atoms with van der Waals surface area (Å²) in [6.45, 7) is 3.83. The lowest BCUT2D eigenvalue weighted by molar-refractivity contribution is -0.142. The van der Waals surface area contributed by atoms with Crippen LogP contribution in [0.15, 0.2) is 12.5 Å². The molecular weight excluding hydrogens is 370 g/mol. The SMILES string of the molecule is CSCC[C@H](N)C(=O)N[C@@H](CC(C)C)C(=O)N[C@@H](Cc1cnc[nH]1)C(=O)O. The summed E-state index contributed by atoms with van der Waals surface area (Å²) >= 11 is 1.58. The average Bonchev–Trinajstić information content (AvgIpc) is 3.10. The maximum Gasteiger partial charge on any atom is 0.326 e. The van der Waals surface area contributed by atoms with Gasteiger partial charge in [0.2, 0.25) is 11.8 Å². The highest BCUT2D eigenvalue weighted by Gasteiger charge is 2.28. The van der Waals surface area contributed by atoms with Crippen molar-refractivity contribution in [3.8, 4) is 0 Å². The van der Waals surface area contributed by atoms with Gasteiger partial charge in [-0.25, -0.2) is 9.78 Å². The van der Waals surface area contributed by atoms with Crippen LogP contribution in [-0.2, 0) is 20.8 Å². The number of hydrogen-bond acceptors (Lipinski definition) is 6. The third kappa shape index (κ3) is 8.44. The average molecular weight is 400 g/mol. The predicted octanol–water partition coefficient (Wildman–Crippen LogP) is 0.133. The fourth-order valence-electron chi connectivity index (χ4n) is 2.45. The van der Waals surface area contributed by atoms with E-state index in [2.05, 4.69) is 20.6 Å². The highest BCUT2D eigenvalue weighted by Crippen LogP contribution is 2.08. The Labute approximate surface area is 163 Å². The minimum absolute atomic E-state index is 0.0661. The number of carboxylic acids is 1. The number of nitrogens with zero attached hydrogens (tertiary/aromatic N) is 1. The molecule has 0 saturated carbocycles. The van der Waals surface area contributed by atoms with Gasteiger partial charge in [-0.2, -0.15) is 11.8 Å². The number of thioether (sulfide) groups is 1. The molecule has 3 atom stereocenters. The van der Waals surface area contributed by atoms with Crippen LogP contribution in [0.5, 0.6) is 0 Å². The minimum atomic E-state index is -1.16. The smallest absolute Gasteiger partial charge is 0.326 e. The number of rotatable bonds is 12. The molecule has 6 N–H and O–H groups in total. The molecule has 0 saturated heterocycles. The topological polar surface area (TPSA) is 150 Å². The molecule has 1 aromatic rings. The number of carboxylic acid groups (broad SMARTS) is 1. The molecule has 0 aliphatic carbocycles. The lowest BCUT2D eigenvalue weighted by Gasteiger charge is -2.24. The van der Waals surface area contributed by atoms with E-state index in [0.717, 1.165) is 5.75 Å². The summed E-state index contributed by atoms with van der Waals surface area (Å²) < 4.78 is 0. The number of aliphatic carboxylic acids is 1. The van der Waals surface area contributed by atoms with Crippen molar-refractivity contribution in [2.24, 2.45) is 11.7 Å². The predicted molar refractivity (Wildman–Crippen MR) is 104 cm³/mol. The number of carbonyl (C=O) groups excluding carboxylic acids is 2. The van der Waals surface area contributed by atoms with Gasteiger partial charge in [0.1, 0.15) is 12.1 Å². The number of aromatic nitrogens is 2. The molecule has 27 heavy (non-hydrogen) atoms. The van der Waals surface area contributed by atoms with Crippen molar-refractivity contribution in [1.29, 1.82) is 0 Å². The van der Waals surface area contributed by atoms with Gasteiger partial charge in [0.15, 0.2) is 0 Å². The Morgan fingerprint density at radius 3 is 2.44 bits per heavy atom. The zero-order valence-electron chi connectivity index (χ0n) is 15.9. The van der Waals surface area contributed by atoms with Crippen molar-refractivity contribution in [2.75, 3.05) is 12.0 Å². The second-order valence-electron chi connectivity index (χ2n) is 6.76. The molecule has 10 heteroatoms. The lowest BCUT2D eigenvalue weighted by Crippen LogP contribution is -2.55. The Morgan fingerprint density at radius 1 is 1.26 bits per heavy atom. The molecule has 0 radical (unpaired) electrons. The zero-order chi connectivity index (χ0) is 20.4. The van der Waals surface area contributed by atoms with Gasteiger partial charge >= 0.3 is 5.97 Å². The number of hydrogen-bond donors (Lipinski definition) is 5. The van der Waals surface area contributed by atoms with Crippen molar-refractivity contribution in [1.82, 2.24) is 20.6 Å². The van der Waals surface area contributed by atoms with Crippen LogP contribution in [0.1, 0.15) is 32.4 Å². The first-order chi connectivity index (χ1) is 12.7. The number of nitrogens with two attached hydrogens (primary N) is 1. The fraction of sp³-hybridized carbons (Fsp3) is 0.647. The Bertz CT molecular complexity index is 608. The molecule has 1 heterocycles. The molecular formula is C17H29N5O4S. The van der Waals surface area contributed by atoms with Gasteiger partial charge in [-0.1, -0.05) is 13.8 Å². The van der Waals surface area contributed by atoms with Crippen molar-refractivity contribution >= 4 is 29.5 Å². The van der Waals surface area contributed by atoms with Gasteiger partial charge in [-0.3, -0.25) is 9.59 Å². The van der Waals surface area contributed by atoms with Gasteiger partial charge in [0, 0.05) is 18.3 Å². The number of carbonyl (C=O) groups is 3. The first-order valence-corrected chi connectivity index (χ1v) is 10.2. The van der Waals surface area contributed by atoms with E-state index in [1.807, 2.05) is 20.1 Å². The van der Waals surface area contributed by atoms with Crippen LogP contribution in [0.25, 0.3) is 0 Å². The molecule has 152 valence electrons. The summed E-state index contributed by atoms with van der Waals surface area (Å²) in [5.41, 5.74) is 6.45. The largest absolute Gasteiger partial charge is 0.480 e. The third-order valence-electron chi connectivity index (χ3n) is 3.90. The third-order valence-corrected chi connectivity index (χ3v) is 4.55. The van der Waals surface area contributed by atoms with Gasteiger partial charge < -0.3 is 26.5 Å². The molecule has 0 aliphatic heterocycles. The number of nitrogens with one attached hydrogen (secondary N) is 3. The lowest BCUT2D eigenvalue weighted by atomic mass is 10.0. The summed E-state index contributed by atoms with van der Waals surface area (Å²) in [5.74, 6) is -1.25. The van der Waals surface area contributed by atoms with E-state index in [-0.39, 0.29) is 12.3 Å². The molecule has 1 rings (SSSR count). The summed E-state index contributed by atoms with van der Waals surface area (Å²) in [5, 5.41) is 14.6. The fourth-order valence-corrected chi connectivity index (χ4v) is 2.94. The van der Waals surface area contributed by atoms with Crippen LogP contribution in [0.3, 0.4) is 0 Å². The van der Waals surface area contributed by atoms with Crippen molar-refractivity contribution < 1.29 is 19.5 Å². The highest BCUT2D eigenvalue weighted by molar-refractivity contribution is 7.98. The summed E-state index contributed by atoms with van der Waals surface area (Å²) in [6.07, 6.45) is 5.81. The minimum Gasteiger partial charge on any atom is -0.480 e. The van der Waals surface area contributed by atoms with E-state index in [9.17, 15) is 19.5 Å². The van der Waals surface area contributed by atoms with Gasteiger partial charge in [0.25, 0.3) is 0 Å². The number of amides is 2. The van der Waals surface area contributed by atoms with Crippen LogP contribution < -0.4 is 16.4 Å². The van der Waals surface area contributed by atoms with Crippen LogP contribution in [-0.4, -0.2) is 63.0 Å². The van der Waals surface area contributed by atoms with Crippen LogP contribution in [0.4, 0.5) is 0 Å². The normalized spacial score (nSPS) is 14.4. The van der Waals surface area contributed by atoms with Gasteiger partial charge in [-0.05, 0) is 30.8 Å². The van der Waals surface area contributed by atoms with E-state index >= 15 is 0 Å². The molecule has 9 nitrogen and oxygen atoms in total. The molecule has 0 bridgehead atoms. The van der Waals surface area contributed by atoms with Crippen molar-refractivity contribution in [3.05, 3.63) is 18.2 Å². The molecule has 0 unspecified atom stereocenters. The second kappa shape index (κ2) is 11.6. The van der Waals surface area contributed by atoms with Crippen LogP contribution >= 0.6 is 11.8 Å². The highest BCUT2D eigenvalue weighted by atomic mass is 32.2. The quantitative estimate of drug-likeness (QED) is 0.335. The van der Waals surface area contributed by atoms with Gasteiger partial charge in [0.05, 0.1) is 12.4 Å². The Morgan fingerprint density at radius 2 is 1.93 bits per heavy atom. The van der Waals surface area contributed by atoms with Gasteiger partial charge in [-0.15, -0.1) is 0 Å². The number of H-pyrrole nitrogens is 1. The van der Waals surface area contributed by atoms with E-state index in [1.54, 1.807) is 11.8 Å². The molecule has 0 spiro atoms. The second-order valence-corrected chi connectivity index (χ2v) is 7.74. The Hall–Kier alpha value is -2.07. The first kappa shape index (κ1) is 23.0. The molecule has 0 aromatic carbocycles. The maximum absolute atomic E-state index is 12.6. The number of aromatic amines is 1. The van der Waals surface area contributed by atoms with Crippen LogP contribution in [0.2, 0.25) is 0 Å². The van der Waals surface area contributed by atoms with Crippen molar-refractivity contribution in [3.63, 3.8) is 0 Å². The number of imidazole rings is 1. The Kier molecular flexibility index (Phi) is 9.87. The molecule has 2 amide bonds.